The van der Waals surface area contributed by atoms with Gasteiger partial charge in [-0.15, -0.1) is 0 Å². The van der Waals surface area contributed by atoms with E-state index in [0.717, 1.165) is 16.5 Å². The largest absolute Gasteiger partial charge is 0.476 e. The molecule has 6 nitrogen and oxygen atoms in total. The number of aryl methyl sites for hydroxylation is 1. The normalized spacial score (nSPS) is 11.4. The van der Waals surface area contributed by atoms with Gasteiger partial charge in [0.15, 0.2) is 11.5 Å². The molecule has 2 N–H and O–H groups in total. The van der Waals surface area contributed by atoms with Crippen molar-refractivity contribution >= 4 is 28.4 Å². The lowest BCUT2D eigenvalue weighted by Gasteiger charge is -2.06. The van der Waals surface area contributed by atoms with Crippen LogP contribution in [0.4, 0.5) is 5.82 Å². The van der Waals surface area contributed by atoms with Gasteiger partial charge in [-0.25, -0.2) is 14.8 Å². The molecule has 0 fully saturated rings. The highest BCUT2D eigenvalue weighted by Gasteiger charge is 2.13. The minimum absolute atomic E-state index is 0.0762. The van der Waals surface area contributed by atoms with Gasteiger partial charge in [0, 0.05) is 10.9 Å². The number of hydrogen-bond donors (Lipinski definition) is 2. The first kappa shape index (κ1) is 14.6. The second-order valence-corrected chi connectivity index (χ2v) is 4.98. The summed E-state index contributed by atoms with van der Waals surface area (Å²) in [5, 5.41) is 14.2. The number of hydrogen-bond acceptors (Lipinski definition) is 5. The number of aromatic nitrogens is 2. The molecule has 0 unspecified atom stereocenters. The van der Waals surface area contributed by atoms with E-state index in [1.54, 1.807) is 12.1 Å². The van der Waals surface area contributed by atoms with Crippen LogP contribution in [0.2, 0.25) is 0 Å². The summed E-state index contributed by atoms with van der Waals surface area (Å²) in [5.74, 6) is -0.652. The Morgan fingerprint density at radius 1 is 1.09 bits per heavy atom. The molecule has 0 radical (unpaired) electrons. The summed E-state index contributed by atoms with van der Waals surface area (Å²) in [5.41, 5.74) is 4.99. The predicted molar refractivity (Wildman–Crippen MR) is 88.5 cm³/mol. The van der Waals surface area contributed by atoms with Gasteiger partial charge < -0.3 is 5.11 Å². The third-order valence-corrected chi connectivity index (χ3v) is 3.34. The molecular formula is C17H14N4O2. The molecule has 2 aromatic carbocycles. The van der Waals surface area contributed by atoms with Crippen LogP contribution in [0, 0.1) is 6.92 Å². The molecule has 23 heavy (non-hydrogen) atoms. The smallest absolute Gasteiger partial charge is 0.356 e. The second-order valence-electron chi connectivity index (χ2n) is 4.98. The highest BCUT2D eigenvalue weighted by atomic mass is 16.4. The van der Waals surface area contributed by atoms with Crippen molar-refractivity contribution in [1.82, 2.24) is 9.97 Å². The van der Waals surface area contributed by atoms with Gasteiger partial charge in [0.2, 0.25) is 0 Å². The van der Waals surface area contributed by atoms with E-state index < -0.39 is 5.97 Å². The second kappa shape index (κ2) is 6.23. The van der Waals surface area contributed by atoms with E-state index in [4.69, 9.17) is 0 Å². The Kier molecular flexibility index (Phi) is 3.97. The van der Waals surface area contributed by atoms with Crippen molar-refractivity contribution < 1.29 is 9.90 Å². The summed E-state index contributed by atoms with van der Waals surface area (Å²) < 4.78 is 0. The molecule has 0 aliphatic rings. The summed E-state index contributed by atoms with van der Waals surface area (Å²) in [6.45, 7) is 1.94. The first-order valence-corrected chi connectivity index (χ1v) is 6.99. The van der Waals surface area contributed by atoms with Gasteiger partial charge in [-0.05, 0) is 19.1 Å². The van der Waals surface area contributed by atoms with Crippen molar-refractivity contribution in [3.63, 3.8) is 0 Å². The van der Waals surface area contributed by atoms with Crippen molar-refractivity contribution in [2.45, 2.75) is 6.92 Å². The Balaban J connectivity index is 1.97. The fourth-order valence-electron chi connectivity index (χ4n) is 2.15. The van der Waals surface area contributed by atoms with Gasteiger partial charge in [-0.3, -0.25) is 5.43 Å². The topological polar surface area (TPSA) is 87.5 Å². The quantitative estimate of drug-likeness (QED) is 0.571. The lowest BCUT2D eigenvalue weighted by Crippen LogP contribution is -2.16. The zero-order chi connectivity index (χ0) is 16.2. The predicted octanol–water partition coefficient (Wildman–Crippen LogP) is 2.84. The summed E-state index contributed by atoms with van der Waals surface area (Å²) >= 11 is 0. The fourth-order valence-corrected chi connectivity index (χ4v) is 2.15. The maximum atomic E-state index is 11.5. The summed E-state index contributed by atoms with van der Waals surface area (Å²) in [4.78, 5) is 19.7. The number of hydrazone groups is 1. The maximum Gasteiger partial charge on any atom is 0.356 e. The zero-order valence-electron chi connectivity index (χ0n) is 12.4. The number of carboxylic acid groups (broad SMARTS) is 1. The molecule has 3 aromatic rings. The molecule has 0 saturated carbocycles. The molecule has 0 spiro atoms. The van der Waals surface area contributed by atoms with Crippen LogP contribution in [0.25, 0.3) is 10.9 Å². The zero-order valence-corrected chi connectivity index (χ0v) is 12.4. The van der Waals surface area contributed by atoms with E-state index in [-0.39, 0.29) is 5.71 Å². The lowest BCUT2D eigenvalue weighted by molar-refractivity contribution is -0.129. The third kappa shape index (κ3) is 3.16. The van der Waals surface area contributed by atoms with Crippen molar-refractivity contribution in [3.05, 3.63) is 66.0 Å². The van der Waals surface area contributed by atoms with Crippen LogP contribution >= 0.6 is 0 Å². The van der Waals surface area contributed by atoms with Crippen LogP contribution < -0.4 is 5.43 Å². The first-order chi connectivity index (χ1) is 11.1. The third-order valence-electron chi connectivity index (χ3n) is 3.34. The van der Waals surface area contributed by atoms with Gasteiger partial charge in [-0.2, -0.15) is 5.10 Å². The average Bonchev–Trinajstić information content (AvgIpc) is 2.56. The molecular weight excluding hydrogens is 292 g/mol. The number of aliphatic carboxylic acids is 1. The van der Waals surface area contributed by atoms with Gasteiger partial charge in [0.05, 0.1) is 5.52 Å². The van der Waals surface area contributed by atoms with E-state index in [9.17, 15) is 9.90 Å². The molecule has 1 aromatic heterocycles. The number of anilines is 1. The fraction of sp³-hybridized carbons (Fsp3) is 0.0588. The van der Waals surface area contributed by atoms with Crippen molar-refractivity contribution in [2.24, 2.45) is 5.10 Å². The highest BCUT2D eigenvalue weighted by molar-refractivity contribution is 6.42. The van der Waals surface area contributed by atoms with Gasteiger partial charge in [-0.1, -0.05) is 42.0 Å². The summed E-state index contributed by atoms with van der Waals surface area (Å²) in [7, 11) is 0. The SMILES string of the molecule is Cc1ccc(C(=NNc2ncnc3ccccc23)C(=O)O)cc1. The molecule has 6 heteroatoms. The number of fused-ring (bicyclic) bond motifs is 1. The Hall–Kier alpha value is -3.28. The summed E-state index contributed by atoms with van der Waals surface area (Å²) in [6, 6.07) is 14.6. The molecule has 0 aliphatic carbocycles. The number of para-hydroxylation sites is 1. The maximum absolute atomic E-state index is 11.5. The van der Waals surface area contributed by atoms with Crippen molar-refractivity contribution in [3.8, 4) is 0 Å². The van der Waals surface area contributed by atoms with Crippen LogP contribution in [0.1, 0.15) is 11.1 Å². The van der Waals surface area contributed by atoms with E-state index >= 15 is 0 Å². The molecule has 0 bridgehead atoms. The molecule has 1 heterocycles. The molecule has 114 valence electrons. The van der Waals surface area contributed by atoms with Crippen LogP contribution in [0.5, 0.6) is 0 Å². The highest BCUT2D eigenvalue weighted by Crippen LogP contribution is 2.18. The Morgan fingerprint density at radius 3 is 2.57 bits per heavy atom. The van der Waals surface area contributed by atoms with Gasteiger partial charge in [0.25, 0.3) is 0 Å². The Labute approximate surface area is 132 Å². The van der Waals surface area contributed by atoms with E-state index in [0.29, 0.717) is 11.4 Å². The van der Waals surface area contributed by atoms with Crippen LogP contribution in [-0.4, -0.2) is 26.8 Å². The molecule has 0 atom stereocenters. The number of carboxylic acids is 1. The van der Waals surface area contributed by atoms with Gasteiger partial charge in [0.1, 0.15) is 6.33 Å². The van der Waals surface area contributed by atoms with Gasteiger partial charge >= 0.3 is 5.97 Å². The summed E-state index contributed by atoms with van der Waals surface area (Å²) in [6.07, 6.45) is 1.41. The average molecular weight is 306 g/mol. The Morgan fingerprint density at radius 2 is 1.83 bits per heavy atom. The molecule has 0 saturated heterocycles. The van der Waals surface area contributed by atoms with Crippen molar-refractivity contribution in [2.75, 3.05) is 5.43 Å². The number of nitrogens with one attached hydrogen (secondary N) is 1. The van der Waals surface area contributed by atoms with E-state index in [1.165, 1.54) is 6.33 Å². The van der Waals surface area contributed by atoms with Crippen LogP contribution in [0.3, 0.4) is 0 Å². The molecule has 0 aliphatic heterocycles. The molecule has 3 rings (SSSR count). The number of rotatable bonds is 4. The lowest BCUT2D eigenvalue weighted by atomic mass is 10.1. The number of benzene rings is 2. The monoisotopic (exact) mass is 306 g/mol. The number of carbonyl (C=O) groups is 1. The Bertz CT molecular complexity index is 883. The number of nitrogens with zero attached hydrogens (tertiary/aromatic N) is 3. The van der Waals surface area contributed by atoms with Crippen LogP contribution in [-0.2, 0) is 4.79 Å². The van der Waals surface area contributed by atoms with Crippen LogP contribution in [0.15, 0.2) is 60.0 Å². The van der Waals surface area contributed by atoms with Crippen molar-refractivity contribution in [1.29, 1.82) is 0 Å². The van der Waals surface area contributed by atoms with E-state index in [1.807, 2.05) is 43.3 Å². The standard InChI is InChI=1S/C17H14N4O2/c1-11-6-8-12(9-7-11)15(17(22)23)20-21-16-13-4-2-3-5-14(13)18-10-19-16/h2-10H,1H3,(H,22,23)(H,18,19,21). The minimum Gasteiger partial charge on any atom is -0.476 e. The van der Waals surface area contributed by atoms with E-state index in [2.05, 4.69) is 20.5 Å². The minimum atomic E-state index is -1.11. The first-order valence-electron chi connectivity index (χ1n) is 6.99. The molecule has 0 amide bonds.